The van der Waals surface area contributed by atoms with Crippen LogP contribution in [0.4, 0.5) is 0 Å². The van der Waals surface area contributed by atoms with Gasteiger partial charge in [-0.3, -0.25) is 4.90 Å². The lowest BCUT2D eigenvalue weighted by Crippen LogP contribution is -2.47. The number of nitrogens with zero attached hydrogens (tertiary/aromatic N) is 1. The molecule has 0 aromatic carbocycles. The molecule has 0 aromatic rings. The van der Waals surface area contributed by atoms with Gasteiger partial charge in [0.15, 0.2) is 0 Å². The van der Waals surface area contributed by atoms with Crippen LogP contribution < -0.4 is 0 Å². The van der Waals surface area contributed by atoms with E-state index in [0.717, 1.165) is 5.92 Å². The second-order valence-electron chi connectivity index (χ2n) is 4.49. The molecule has 0 spiro atoms. The van der Waals surface area contributed by atoms with Gasteiger partial charge in [-0.25, -0.2) is 0 Å². The van der Waals surface area contributed by atoms with E-state index in [0.29, 0.717) is 5.54 Å². The Bertz CT molecular complexity index is 153. The predicted octanol–water partition coefficient (Wildman–Crippen LogP) is 2.27. The maximum absolute atomic E-state index is 2.71. The highest BCUT2D eigenvalue weighted by Gasteiger charge is 2.43. The van der Waals surface area contributed by atoms with Gasteiger partial charge in [0.2, 0.25) is 0 Å². The van der Waals surface area contributed by atoms with Crippen LogP contribution in [-0.4, -0.2) is 23.5 Å². The maximum Gasteiger partial charge on any atom is 0.0207 e. The Hall–Kier alpha value is -0.0400. The van der Waals surface area contributed by atoms with Crippen LogP contribution in [0.5, 0.6) is 0 Å². The summed E-state index contributed by atoms with van der Waals surface area (Å²) in [6.45, 7) is 7.60. The van der Waals surface area contributed by atoms with Gasteiger partial charge in [0.1, 0.15) is 0 Å². The molecule has 0 aliphatic carbocycles. The average molecular weight is 153 g/mol. The molecule has 2 atom stereocenters. The Kier molecular flexibility index (Phi) is 1.71. The summed E-state index contributed by atoms with van der Waals surface area (Å²) in [6, 6.07) is 0. The van der Waals surface area contributed by atoms with E-state index in [1.807, 2.05) is 0 Å². The lowest BCUT2D eigenvalue weighted by molar-refractivity contribution is 0.0803. The quantitative estimate of drug-likeness (QED) is 0.516. The van der Waals surface area contributed by atoms with Crippen LogP contribution in [-0.2, 0) is 0 Å². The van der Waals surface area contributed by atoms with E-state index in [2.05, 4.69) is 18.7 Å². The molecule has 11 heavy (non-hydrogen) atoms. The molecule has 2 heterocycles. The van der Waals surface area contributed by atoms with Gasteiger partial charge in [0, 0.05) is 5.54 Å². The summed E-state index contributed by atoms with van der Waals surface area (Å²) < 4.78 is 0. The Labute approximate surface area is 69.8 Å². The van der Waals surface area contributed by atoms with E-state index in [9.17, 15) is 0 Å². The van der Waals surface area contributed by atoms with Crippen molar-refractivity contribution in [1.29, 1.82) is 0 Å². The van der Waals surface area contributed by atoms with Gasteiger partial charge in [-0.05, 0) is 45.2 Å². The predicted molar refractivity (Wildman–Crippen MR) is 47.6 cm³/mol. The fourth-order valence-electron chi connectivity index (χ4n) is 2.78. The van der Waals surface area contributed by atoms with E-state index in [1.165, 1.54) is 38.8 Å². The average Bonchev–Trinajstić information content (AvgIpc) is 2.29. The summed E-state index contributed by atoms with van der Waals surface area (Å²) >= 11 is 0. The number of hydrogen-bond acceptors (Lipinski definition) is 1. The third-order valence-electron chi connectivity index (χ3n) is 3.98. The zero-order chi connectivity index (χ0) is 7.90. The highest BCUT2D eigenvalue weighted by molar-refractivity contribution is 4.98. The van der Waals surface area contributed by atoms with E-state index >= 15 is 0 Å². The lowest BCUT2D eigenvalue weighted by Gasteiger charge is -2.42. The summed E-state index contributed by atoms with van der Waals surface area (Å²) in [6.07, 6.45) is 5.75. The lowest BCUT2D eigenvalue weighted by atomic mass is 9.81. The molecule has 0 amide bonds. The van der Waals surface area contributed by atoms with Crippen molar-refractivity contribution in [3.8, 4) is 0 Å². The smallest absolute Gasteiger partial charge is 0.0207 e. The van der Waals surface area contributed by atoms with Crippen LogP contribution in [0, 0.1) is 5.92 Å². The van der Waals surface area contributed by atoms with Crippen molar-refractivity contribution in [1.82, 2.24) is 4.90 Å². The number of hydrogen-bond donors (Lipinski definition) is 0. The van der Waals surface area contributed by atoms with Crippen molar-refractivity contribution < 1.29 is 0 Å². The molecule has 2 aliphatic rings. The van der Waals surface area contributed by atoms with Gasteiger partial charge < -0.3 is 0 Å². The Balaban J connectivity index is 2.16. The first kappa shape index (κ1) is 7.60. The molecule has 2 aliphatic heterocycles. The molecule has 2 unspecified atom stereocenters. The molecule has 64 valence electrons. The summed E-state index contributed by atoms with van der Waals surface area (Å²) in [5.41, 5.74) is 0.582. The number of rotatable bonds is 0. The Morgan fingerprint density at radius 2 is 2.09 bits per heavy atom. The van der Waals surface area contributed by atoms with E-state index < -0.39 is 0 Å². The SMILES string of the molecule is CC1CCN2CCCCC12C. The zero-order valence-electron chi connectivity index (χ0n) is 7.77. The molecule has 0 saturated carbocycles. The second-order valence-corrected chi connectivity index (χ2v) is 4.49. The van der Waals surface area contributed by atoms with Crippen molar-refractivity contribution in [2.75, 3.05) is 13.1 Å². The molecule has 1 nitrogen and oxygen atoms in total. The van der Waals surface area contributed by atoms with Gasteiger partial charge >= 0.3 is 0 Å². The van der Waals surface area contributed by atoms with Gasteiger partial charge in [-0.2, -0.15) is 0 Å². The topological polar surface area (TPSA) is 3.24 Å². The van der Waals surface area contributed by atoms with Crippen molar-refractivity contribution in [2.24, 2.45) is 5.92 Å². The molecular formula is C10H19N. The summed E-state index contributed by atoms with van der Waals surface area (Å²) in [5.74, 6) is 0.933. The highest BCUT2D eigenvalue weighted by atomic mass is 15.2. The monoisotopic (exact) mass is 153 g/mol. The molecule has 0 bridgehead atoms. The minimum Gasteiger partial charge on any atom is -0.298 e. The van der Waals surface area contributed by atoms with Gasteiger partial charge in [0.05, 0.1) is 0 Å². The Morgan fingerprint density at radius 1 is 1.27 bits per heavy atom. The van der Waals surface area contributed by atoms with Gasteiger partial charge in [-0.15, -0.1) is 0 Å². The van der Waals surface area contributed by atoms with E-state index in [-0.39, 0.29) is 0 Å². The minimum absolute atomic E-state index is 0.582. The fraction of sp³-hybridized carbons (Fsp3) is 1.00. The fourth-order valence-corrected chi connectivity index (χ4v) is 2.78. The summed E-state index contributed by atoms with van der Waals surface area (Å²) in [7, 11) is 0. The van der Waals surface area contributed by atoms with Crippen LogP contribution in [0.2, 0.25) is 0 Å². The summed E-state index contributed by atoms with van der Waals surface area (Å²) in [4.78, 5) is 2.71. The van der Waals surface area contributed by atoms with E-state index in [1.54, 1.807) is 0 Å². The molecule has 0 radical (unpaired) electrons. The largest absolute Gasteiger partial charge is 0.298 e. The van der Waals surface area contributed by atoms with Crippen molar-refractivity contribution >= 4 is 0 Å². The highest BCUT2D eigenvalue weighted by Crippen LogP contribution is 2.40. The van der Waals surface area contributed by atoms with Gasteiger partial charge in [-0.1, -0.05) is 13.3 Å². The molecule has 2 saturated heterocycles. The van der Waals surface area contributed by atoms with Crippen LogP contribution in [0.25, 0.3) is 0 Å². The Morgan fingerprint density at radius 3 is 2.82 bits per heavy atom. The molecule has 1 heteroatoms. The van der Waals surface area contributed by atoms with Crippen LogP contribution in [0.1, 0.15) is 39.5 Å². The standard InChI is InChI=1S/C10H19N/c1-9-5-8-11-7-4-3-6-10(9,11)2/h9H,3-8H2,1-2H3. The first-order valence-corrected chi connectivity index (χ1v) is 4.98. The van der Waals surface area contributed by atoms with Crippen molar-refractivity contribution in [3.63, 3.8) is 0 Å². The third-order valence-corrected chi connectivity index (χ3v) is 3.98. The maximum atomic E-state index is 2.71. The first-order chi connectivity index (χ1) is 5.23. The van der Waals surface area contributed by atoms with Crippen molar-refractivity contribution in [2.45, 2.75) is 45.1 Å². The zero-order valence-corrected chi connectivity index (χ0v) is 7.77. The van der Waals surface area contributed by atoms with Crippen LogP contribution in [0.15, 0.2) is 0 Å². The molecule has 0 N–H and O–H groups in total. The van der Waals surface area contributed by atoms with E-state index in [4.69, 9.17) is 0 Å². The van der Waals surface area contributed by atoms with Crippen molar-refractivity contribution in [3.05, 3.63) is 0 Å². The molecule has 0 aromatic heterocycles. The molecular weight excluding hydrogens is 134 g/mol. The minimum atomic E-state index is 0.582. The molecule has 2 rings (SSSR count). The summed E-state index contributed by atoms with van der Waals surface area (Å²) in [5, 5.41) is 0. The second kappa shape index (κ2) is 2.48. The number of piperidine rings is 1. The normalized spacial score (nSPS) is 45.8. The van der Waals surface area contributed by atoms with Crippen LogP contribution >= 0.6 is 0 Å². The van der Waals surface area contributed by atoms with Gasteiger partial charge in [0.25, 0.3) is 0 Å². The molecule has 2 fully saturated rings. The number of fused-ring (bicyclic) bond motifs is 1. The first-order valence-electron chi connectivity index (χ1n) is 4.98. The van der Waals surface area contributed by atoms with Crippen LogP contribution in [0.3, 0.4) is 0 Å². The third kappa shape index (κ3) is 1.01.